The molecular weight excluding hydrogens is 506 g/mol. The number of fused-ring (bicyclic) bond motifs is 1. The van der Waals surface area contributed by atoms with E-state index >= 15 is 0 Å². The number of hydrogen-bond acceptors (Lipinski definition) is 8. The minimum atomic E-state index is -3.15. The highest BCUT2D eigenvalue weighted by Gasteiger charge is 2.24. The molecule has 1 aliphatic heterocycles. The van der Waals surface area contributed by atoms with E-state index in [1.807, 2.05) is 28.9 Å². The lowest BCUT2D eigenvalue weighted by molar-refractivity contribution is 0.388. The molecule has 4 rings (SSSR count). The summed E-state index contributed by atoms with van der Waals surface area (Å²) in [7, 11) is -2.62. The number of ether oxygens (including phenoxy) is 2. The van der Waals surface area contributed by atoms with Crippen LogP contribution in [0.2, 0.25) is 5.02 Å². The predicted octanol–water partition coefficient (Wildman–Crippen LogP) is 1.22. The van der Waals surface area contributed by atoms with Crippen molar-refractivity contribution in [1.29, 1.82) is 0 Å². The van der Waals surface area contributed by atoms with Crippen LogP contribution in [-0.4, -0.2) is 77.2 Å². The molecule has 1 aromatic carbocycles. The van der Waals surface area contributed by atoms with Crippen LogP contribution >= 0.6 is 11.6 Å². The first-order valence-corrected chi connectivity index (χ1v) is 13.5. The standard InChI is InChI=1S/C20H23ClN4O4S.H3NO2S/c1-28-18-12-19(29-2)16(21)11-15(18)17-13-24-5-4-14(10-20(24)22-17)23-6-8-25(9-7-23)30(3,26)27;1-4(2)3/h4-5,10-13H,6-9H2,1-3H3;4H,(H2,1,2,3). The summed E-state index contributed by atoms with van der Waals surface area (Å²) in [6, 6.07) is 7.53. The van der Waals surface area contributed by atoms with Gasteiger partial charge in [-0.05, 0) is 12.1 Å². The molecule has 0 atom stereocenters. The van der Waals surface area contributed by atoms with E-state index in [4.69, 9.17) is 34.5 Å². The Morgan fingerprint density at radius 2 is 1.68 bits per heavy atom. The van der Waals surface area contributed by atoms with Crippen molar-refractivity contribution in [3.05, 3.63) is 41.7 Å². The van der Waals surface area contributed by atoms with Gasteiger partial charge in [0.2, 0.25) is 10.0 Å². The molecule has 2 N–H and O–H groups in total. The smallest absolute Gasteiger partial charge is 0.211 e. The lowest BCUT2D eigenvalue weighted by Crippen LogP contribution is -2.48. The van der Waals surface area contributed by atoms with E-state index in [-0.39, 0.29) is 0 Å². The van der Waals surface area contributed by atoms with Crippen molar-refractivity contribution < 1.29 is 26.3 Å². The SMILES string of the molecule is COc1cc(OC)c(-c2cn3ccc(N4CCN(S(C)(=O)=O)CC4)cc3n2)cc1Cl.N[SH](=O)=O. The number of nitrogens with two attached hydrogens (primary N) is 1. The number of nitrogens with zero attached hydrogens (tertiary/aromatic N) is 4. The summed E-state index contributed by atoms with van der Waals surface area (Å²) < 4.78 is 55.3. The highest BCUT2D eigenvalue weighted by Crippen LogP contribution is 2.38. The zero-order chi connectivity index (χ0) is 25.0. The van der Waals surface area contributed by atoms with Crippen LogP contribution in [0.1, 0.15) is 0 Å². The summed E-state index contributed by atoms with van der Waals surface area (Å²) in [6.45, 7) is 2.23. The summed E-state index contributed by atoms with van der Waals surface area (Å²) in [6.07, 6.45) is 5.11. The third-order valence-electron chi connectivity index (χ3n) is 5.27. The fraction of sp³-hybridized carbons (Fsp3) is 0.350. The van der Waals surface area contributed by atoms with Crippen molar-refractivity contribution in [1.82, 2.24) is 13.7 Å². The second-order valence-electron chi connectivity index (χ2n) is 7.40. The minimum Gasteiger partial charge on any atom is -0.496 e. The van der Waals surface area contributed by atoms with Crippen LogP contribution in [0.15, 0.2) is 36.7 Å². The third kappa shape index (κ3) is 6.10. The van der Waals surface area contributed by atoms with Gasteiger partial charge in [0.1, 0.15) is 17.1 Å². The molecule has 1 aliphatic rings. The molecule has 0 amide bonds. The summed E-state index contributed by atoms with van der Waals surface area (Å²) in [4.78, 5) is 6.92. The number of piperazine rings is 1. The largest absolute Gasteiger partial charge is 0.496 e. The average Bonchev–Trinajstić information content (AvgIpc) is 3.21. The first-order chi connectivity index (χ1) is 16.0. The van der Waals surface area contributed by atoms with Crippen molar-refractivity contribution in [2.75, 3.05) is 51.6 Å². The summed E-state index contributed by atoms with van der Waals surface area (Å²) in [5, 5.41) is 4.55. The number of sulfonamides is 1. The molecule has 3 heterocycles. The molecule has 0 spiro atoms. The van der Waals surface area contributed by atoms with Crippen LogP contribution in [0.5, 0.6) is 11.5 Å². The number of benzene rings is 1. The Labute approximate surface area is 204 Å². The van der Waals surface area contributed by atoms with Crippen molar-refractivity contribution >= 4 is 43.8 Å². The lowest BCUT2D eigenvalue weighted by Gasteiger charge is -2.34. The Balaban J connectivity index is 0.000000751. The van der Waals surface area contributed by atoms with Gasteiger partial charge in [-0.2, -0.15) is 4.31 Å². The molecule has 1 fully saturated rings. The maximum atomic E-state index is 11.7. The molecule has 186 valence electrons. The molecule has 14 heteroatoms. The fourth-order valence-corrected chi connectivity index (χ4v) is 4.70. The first kappa shape index (κ1) is 26.0. The number of halogens is 1. The second kappa shape index (κ2) is 10.8. The van der Waals surface area contributed by atoms with Crippen LogP contribution in [0.4, 0.5) is 5.69 Å². The number of imidazole rings is 1. The van der Waals surface area contributed by atoms with Crippen LogP contribution in [0.25, 0.3) is 16.9 Å². The molecule has 34 heavy (non-hydrogen) atoms. The molecule has 1 saturated heterocycles. The molecule has 0 unspecified atom stereocenters. The Morgan fingerprint density at radius 3 is 2.24 bits per heavy atom. The van der Waals surface area contributed by atoms with Gasteiger partial charge in [-0.1, -0.05) is 11.6 Å². The third-order valence-corrected chi connectivity index (χ3v) is 6.87. The molecule has 11 nitrogen and oxygen atoms in total. The number of thiol groups is 1. The van der Waals surface area contributed by atoms with Gasteiger partial charge in [0.25, 0.3) is 0 Å². The molecular formula is C20H26ClN5O6S2. The monoisotopic (exact) mass is 531 g/mol. The zero-order valence-electron chi connectivity index (χ0n) is 18.8. The molecule has 0 saturated carbocycles. The lowest BCUT2D eigenvalue weighted by atomic mass is 10.1. The predicted molar refractivity (Wildman–Crippen MR) is 132 cm³/mol. The quantitative estimate of drug-likeness (QED) is 0.469. The number of rotatable bonds is 5. The number of aromatic nitrogens is 2. The van der Waals surface area contributed by atoms with E-state index in [0.29, 0.717) is 42.7 Å². The maximum absolute atomic E-state index is 11.7. The highest BCUT2D eigenvalue weighted by atomic mass is 35.5. The van der Waals surface area contributed by atoms with Crippen molar-refractivity contribution in [3.8, 4) is 22.8 Å². The van der Waals surface area contributed by atoms with Gasteiger partial charge in [0, 0.05) is 62.0 Å². The number of methoxy groups -OCH3 is 2. The van der Waals surface area contributed by atoms with E-state index in [2.05, 4.69) is 10.0 Å². The van der Waals surface area contributed by atoms with E-state index in [9.17, 15) is 8.42 Å². The average molecular weight is 532 g/mol. The Kier molecular flexibility index (Phi) is 8.25. The van der Waals surface area contributed by atoms with E-state index < -0.39 is 20.9 Å². The van der Waals surface area contributed by atoms with Gasteiger partial charge in [-0.3, -0.25) is 0 Å². The fourth-order valence-electron chi connectivity index (χ4n) is 3.64. The Hall–Kier alpha value is -2.58. The maximum Gasteiger partial charge on any atom is 0.211 e. The zero-order valence-corrected chi connectivity index (χ0v) is 21.3. The van der Waals surface area contributed by atoms with Gasteiger partial charge >= 0.3 is 0 Å². The first-order valence-electron chi connectivity index (χ1n) is 10.0. The number of pyridine rings is 1. The van der Waals surface area contributed by atoms with Crippen LogP contribution in [0, 0.1) is 0 Å². The number of anilines is 1. The van der Waals surface area contributed by atoms with Gasteiger partial charge in [-0.25, -0.2) is 27.0 Å². The highest BCUT2D eigenvalue weighted by molar-refractivity contribution is 7.88. The Bertz CT molecular complexity index is 1340. The van der Waals surface area contributed by atoms with E-state index in [0.717, 1.165) is 22.6 Å². The van der Waals surface area contributed by atoms with Crippen LogP contribution in [0.3, 0.4) is 0 Å². The number of hydrogen-bond donors (Lipinski definition) is 2. The molecule has 0 radical (unpaired) electrons. The molecule has 0 bridgehead atoms. The van der Waals surface area contributed by atoms with Gasteiger partial charge < -0.3 is 18.8 Å². The van der Waals surface area contributed by atoms with E-state index in [1.54, 1.807) is 26.4 Å². The normalized spacial score (nSPS) is 14.7. The van der Waals surface area contributed by atoms with Gasteiger partial charge in [-0.15, -0.1) is 0 Å². The Morgan fingerprint density at radius 1 is 1.06 bits per heavy atom. The topological polar surface area (TPSA) is 137 Å². The van der Waals surface area contributed by atoms with Gasteiger partial charge in [0.15, 0.2) is 10.9 Å². The summed E-state index contributed by atoms with van der Waals surface area (Å²) in [5.74, 6) is 1.16. The molecule has 2 aromatic heterocycles. The molecule has 3 aromatic rings. The molecule has 0 aliphatic carbocycles. The summed E-state index contributed by atoms with van der Waals surface area (Å²) in [5.41, 5.74) is 3.29. The van der Waals surface area contributed by atoms with Crippen LogP contribution < -0.4 is 19.5 Å². The van der Waals surface area contributed by atoms with E-state index in [1.165, 1.54) is 10.6 Å². The summed E-state index contributed by atoms with van der Waals surface area (Å²) >= 11 is 6.31. The minimum absolute atomic E-state index is 0.477. The van der Waals surface area contributed by atoms with Crippen molar-refractivity contribution in [2.24, 2.45) is 5.14 Å². The van der Waals surface area contributed by atoms with Gasteiger partial charge in [0.05, 0.1) is 31.2 Å². The van der Waals surface area contributed by atoms with Crippen molar-refractivity contribution in [2.45, 2.75) is 0 Å². The second-order valence-corrected chi connectivity index (χ2v) is 10.4. The van der Waals surface area contributed by atoms with Crippen molar-refractivity contribution in [3.63, 3.8) is 0 Å². The van der Waals surface area contributed by atoms with Crippen LogP contribution in [-0.2, 0) is 20.9 Å².